The number of hydrogen-bond donors (Lipinski definition) is 1. The van der Waals surface area contributed by atoms with Crippen LogP contribution in [0.5, 0.6) is 0 Å². The topological polar surface area (TPSA) is 90.9 Å². The molecule has 0 saturated heterocycles. The van der Waals surface area contributed by atoms with E-state index in [2.05, 4.69) is 21.9 Å². The molecule has 1 aliphatic rings. The summed E-state index contributed by atoms with van der Waals surface area (Å²) in [5.74, 6) is 6.83. The average Bonchev–Trinajstić information content (AvgIpc) is 3.29. The van der Waals surface area contributed by atoms with Crippen LogP contribution in [0.25, 0.3) is 0 Å². The largest absolute Gasteiger partial charge is 0.469 e. The molecule has 1 atom stereocenters. The molecule has 0 radical (unpaired) electrons. The Hall–Kier alpha value is -3.14. The van der Waals surface area contributed by atoms with E-state index in [-0.39, 0.29) is 5.97 Å². The fourth-order valence-electron chi connectivity index (χ4n) is 2.83. The van der Waals surface area contributed by atoms with Gasteiger partial charge in [-0.05, 0) is 30.9 Å². The van der Waals surface area contributed by atoms with Gasteiger partial charge in [0.1, 0.15) is 0 Å². The Labute approximate surface area is 157 Å². The van der Waals surface area contributed by atoms with Crippen LogP contribution in [0.2, 0.25) is 0 Å². The molecule has 2 aromatic heterocycles. The lowest BCUT2D eigenvalue weighted by Gasteiger charge is -2.17. The van der Waals surface area contributed by atoms with E-state index in [1.54, 1.807) is 12.3 Å². The number of fused-ring (bicyclic) bond motifs is 2. The second kappa shape index (κ2) is 8.99. The number of rotatable bonds is 7. The van der Waals surface area contributed by atoms with Gasteiger partial charge in [0.2, 0.25) is 0 Å². The molecule has 2 heterocycles. The van der Waals surface area contributed by atoms with Gasteiger partial charge in [-0.2, -0.15) is 0 Å². The van der Waals surface area contributed by atoms with Crippen LogP contribution < -0.4 is 5.32 Å². The predicted molar refractivity (Wildman–Crippen MR) is 94.8 cm³/mol. The zero-order chi connectivity index (χ0) is 19.1. The third kappa shape index (κ3) is 4.94. The molecule has 27 heavy (non-hydrogen) atoms. The standard InChI is InChI=1S/C20H21NO6/c1-24-18(22)5-3-2-4-10-21-20(23)27-17-13-15-9-11-25-16(15)7-6-14-8-12-26-19(14)17/h8-9,11-12,17H,2-5,10,13H2,1H3,(H,21,23). The lowest BCUT2D eigenvalue weighted by atomic mass is 10.0. The summed E-state index contributed by atoms with van der Waals surface area (Å²) >= 11 is 0. The van der Waals surface area contributed by atoms with E-state index in [0.29, 0.717) is 36.5 Å². The Morgan fingerprint density at radius 3 is 2.89 bits per heavy atom. The Morgan fingerprint density at radius 2 is 2.04 bits per heavy atom. The number of methoxy groups -OCH3 is 1. The van der Waals surface area contributed by atoms with Gasteiger partial charge in [-0.25, -0.2) is 4.79 Å². The summed E-state index contributed by atoms with van der Waals surface area (Å²) in [7, 11) is 1.37. The van der Waals surface area contributed by atoms with E-state index in [9.17, 15) is 9.59 Å². The number of unbranched alkanes of at least 4 members (excludes halogenated alkanes) is 2. The van der Waals surface area contributed by atoms with Crippen molar-refractivity contribution in [2.45, 2.75) is 38.2 Å². The smallest absolute Gasteiger partial charge is 0.407 e. The van der Waals surface area contributed by atoms with Crippen LogP contribution in [-0.2, 0) is 20.7 Å². The van der Waals surface area contributed by atoms with Crippen molar-refractivity contribution in [1.82, 2.24) is 5.32 Å². The van der Waals surface area contributed by atoms with Gasteiger partial charge >= 0.3 is 12.1 Å². The summed E-state index contributed by atoms with van der Waals surface area (Å²) in [6.07, 6.45) is 5.10. The Balaban J connectivity index is 1.51. The first kappa shape index (κ1) is 18.6. The molecule has 0 aliphatic heterocycles. The van der Waals surface area contributed by atoms with Gasteiger partial charge in [0.05, 0.1) is 25.2 Å². The third-order valence-corrected chi connectivity index (χ3v) is 4.25. The second-order valence-electron chi connectivity index (χ2n) is 6.14. The predicted octanol–water partition coefficient (Wildman–Crippen LogP) is 3.33. The van der Waals surface area contributed by atoms with Crippen molar-refractivity contribution in [3.05, 3.63) is 47.3 Å². The minimum absolute atomic E-state index is 0.220. The van der Waals surface area contributed by atoms with Crippen LogP contribution in [0, 0.1) is 11.8 Å². The maximum Gasteiger partial charge on any atom is 0.407 e. The van der Waals surface area contributed by atoms with Crippen molar-refractivity contribution in [1.29, 1.82) is 0 Å². The Kier molecular flexibility index (Phi) is 6.21. The first-order chi connectivity index (χ1) is 13.2. The highest BCUT2D eigenvalue weighted by atomic mass is 16.6. The second-order valence-corrected chi connectivity index (χ2v) is 6.14. The number of carbonyl (C=O) groups excluding carboxylic acids is 2. The van der Waals surface area contributed by atoms with Gasteiger partial charge < -0.3 is 23.6 Å². The van der Waals surface area contributed by atoms with Crippen LogP contribution in [0.1, 0.15) is 54.4 Å². The normalized spacial score (nSPS) is 14.6. The monoisotopic (exact) mass is 371 g/mol. The summed E-state index contributed by atoms with van der Waals surface area (Å²) in [6, 6.07) is 3.55. The molecular formula is C20H21NO6. The zero-order valence-corrected chi connectivity index (χ0v) is 15.1. The van der Waals surface area contributed by atoms with E-state index in [0.717, 1.165) is 24.8 Å². The van der Waals surface area contributed by atoms with Crippen molar-refractivity contribution in [2.24, 2.45) is 0 Å². The van der Waals surface area contributed by atoms with Crippen LogP contribution in [0.4, 0.5) is 4.79 Å². The minimum Gasteiger partial charge on any atom is -0.469 e. The molecule has 0 spiro atoms. The fraction of sp³-hybridized carbons (Fsp3) is 0.400. The maximum atomic E-state index is 12.2. The minimum atomic E-state index is -0.583. The van der Waals surface area contributed by atoms with Crippen molar-refractivity contribution in [2.75, 3.05) is 13.7 Å². The SMILES string of the molecule is COC(=O)CCCCCNC(=O)OC1Cc2ccoc2C#Cc2ccoc21. The van der Waals surface area contributed by atoms with Crippen molar-refractivity contribution < 1.29 is 27.9 Å². The van der Waals surface area contributed by atoms with E-state index in [1.165, 1.54) is 13.4 Å². The molecule has 1 amide bonds. The summed E-state index contributed by atoms with van der Waals surface area (Å²) in [5.41, 5.74) is 1.54. The molecule has 142 valence electrons. The molecule has 2 aromatic rings. The summed E-state index contributed by atoms with van der Waals surface area (Å²) in [5, 5.41) is 2.73. The van der Waals surface area contributed by atoms with Gasteiger partial charge in [0.25, 0.3) is 0 Å². The van der Waals surface area contributed by atoms with Crippen LogP contribution >= 0.6 is 0 Å². The van der Waals surface area contributed by atoms with Gasteiger partial charge in [0, 0.05) is 24.9 Å². The lowest BCUT2D eigenvalue weighted by molar-refractivity contribution is -0.140. The lowest BCUT2D eigenvalue weighted by Crippen LogP contribution is -2.28. The van der Waals surface area contributed by atoms with Crippen molar-refractivity contribution in [3.8, 4) is 11.8 Å². The van der Waals surface area contributed by atoms with E-state index >= 15 is 0 Å². The molecule has 7 heteroatoms. The van der Waals surface area contributed by atoms with E-state index in [1.807, 2.05) is 6.07 Å². The van der Waals surface area contributed by atoms with Crippen LogP contribution in [-0.4, -0.2) is 25.7 Å². The molecule has 0 bridgehead atoms. The van der Waals surface area contributed by atoms with E-state index in [4.69, 9.17) is 13.6 Å². The quantitative estimate of drug-likeness (QED) is 0.456. The molecule has 0 saturated carbocycles. The number of hydrogen-bond acceptors (Lipinski definition) is 6. The maximum absolute atomic E-state index is 12.2. The first-order valence-corrected chi connectivity index (χ1v) is 8.84. The number of carbonyl (C=O) groups is 2. The third-order valence-electron chi connectivity index (χ3n) is 4.25. The highest BCUT2D eigenvalue weighted by Gasteiger charge is 2.26. The number of esters is 1. The highest BCUT2D eigenvalue weighted by molar-refractivity contribution is 5.69. The molecule has 1 aliphatic carbocycles. The number of alkyl carbamates (subject to hydrolysis) is 1. The molecule has 1 unspecified atom stereocenters. The van der Waals surface area contributed by atoms with Crippen LogP contribution in [0.15, 0.2) is 33.5 Å². The Morgan fingerprint density at radius 1 is 1.19 bits per heavy atom. The summed E-state index contributed by atoms with van der Waals surface area (Å²) in [6.45, 7) is 0.467. The molecule has 3 rings (SSSR count). The van der Waals surface area contributed by atoms with Crippen molar-refractivity contribution in [3.63, 3.8) is 0 Å². The highest BCUT2D eigenvalue weighted by Crippen LogP contribution is 2.29. The molecule has 1 N–H and O–H groups in total. The summed E-state index contributed by atoms with van der Waals surface area (Å²) < 4.78 is 21.0. The number of furan rings is 2. The molecule has 0 aromatic carbocycles. The average molecular weight is 371 g/mol. The zero-order valence-electron chi connectivity index (χ0n) is 15.1. The number of ether oxygens (including phenoxy) is 2. The molecule has 0 fully saturated rings. The number of nitrogens with one attached hydrogen (secondary N) is 1. The Bertz CT molecular complexity index is 853. The molecule has 7 nitrogen and oxygen atoms in total. The van der Waals surface area contributed by atoms with Gasteiger partial charge in [-0.1, -0.05) is 12.3 Å². The van der Waals surface area contributed by atoms with E-state index < -0.39 is 12.2 Å². The van der Waals surface area contributed by atoms with Gasteiger partial charge in [0.15, 0.2) is 17.6 Å². The molecular weight excluding hydrogens is 350 g/mol. The van der Waals surface area contributed by atoms with Crippen molar-refractivity contribution >= 4 is 12.1 Å². The van der Waals surface area contributed by atoms with Crippen LogP contribution in [0.3, 0.4) is 0 Å². The number of amides is 1. The fourth-order valence-corrected chi connectivity index (χ4v) is 2.83. The van der Waals surface area contributed by atoms with Gasteiger partial charge in [-0.15, -0.1) is 0 Å². The van der Waals surface area contributed by atoms with Gasteiger partial charge in [-0.3, -0.25) is 4.79 Å². The summed E-state index contributed by atoms with van der Waals surface area (Å²) in [4.78, 5) is 23.2. The first-order valence-electron chi connectivity index (χ1n) is 8.84.